The molecule has 3 aliphatic rings. The molecule has 2 aromatic rings. The number of hydrogen-bond donors (Lipinski definition) is 3. The van der Waals surface area contributed by atoms with E-state index in [2.05, 4.69) is 82.9 Å². The van der Waals surface area contributed by atoms with E-state index < -0.39 is 0 Å². The van der Waals surface area contributed by atoms with Crippen molar-refractivity contribution >= 4 is 45.0 Å². The summed E-state index contributed by atoms with van der Waals surface area (Å²) in [5.41, 5.74) is 2.22. The number of aromatic nitrogens is 2. The molecule has 3 heterocycles. The molecule has 9 nitrogen and oxygen atoms in total. The fraction of sp³-hybridized carbons (Fsp3) is 0.621. The van der Waals surface area contributed by atoms with Crippen molar-refractivity contribution in [1.29, 1.82) is 0 Å². The first-order valence-electron chi connectivity index (χ1n) is 14.5. The number of halogens is 1. The lowest BCUT2D eigenvalue weighted by Crippen LogP contribution is -2.52. The van der Waals surface area contributed by atoms with Gasteiger partial charge in [-0.3, -0.25) is 9.69 Å². The summed E-state index contributed by atoms with van der Waals surface area (Å²) >= 11 is 3.58. The minimum atomic E-state index is -0.0511. The predicted octanol–water partition coefficient (Wildman–Crippen LogP) is 4.30. The van der Waals surface area contributed by atoms with Crippen LogP contribution in [-0.2, 0) is 4.79 Å². The number of rotatable bonds is 8. The maximum atomic E-state index is 12.7. The average Bonchev–Trinajstić information content (AvgIpc) is 3.40. The van der Waals surface area contributed by atoms with Crippen LogP contribution in [-0.4, -0.2) is 90.1 Å². The van der Waals surface area contributed by atoms with Crippen molar-refractivity contribution in [3.05, 3.63) is 34.9 Å². The molecule has 0 radical (unpaired) electrons. The van der Waals surface area contributed by atoms with Crippen molar-refractivity contribution in [2.45, 2.75) is 64.1 Å². The summed E-state index contributed by atoms with van der Waals surface area (Å²) in [5.74, 6) is 1.31. The first-order chi connectivity index (χ1) is 18.9. The number of carbonyl (C=O) groups is 1. The van der Waals surface area contributed by atoms with E-state index in [1.165, 1.54) is 44.7 Å². The van der Waals surface area contributed by atoms with Crippen LogP contribution in [0.1, 0.15) is 46.0 Å². The van der Waals surface area contributed by atoms with Gasteiger partial charge in [-0.15, -0.1) is 0 Å². The number of likely N-dealkylation sites (N-methyl/N-ethyl adjacent to an activating group) is 1. The van der Waals surface area contributed by atoms with Gasteiger partial charge in [0.2, 0.25) is 11.9 Å². The fourth-order valence-corrected chi connectivity index (χ4v) is 6.41. The van der Waals surface area contributed by atoms with Crippen molar-refractivity contribution in [1.82, 2.24) is 25.1 Å². The molecule has 10 heteroatoms. The van der Waals surface area contributed by atoms with E-state index in [4.69, 9.17) is 4.98 Å². The molecule has 1 aromatic carbocycles. The first-order valence-corrected chi connectivity index (χ1v) is 15.3. The Kier molecular flexibility index (Phi) is 9.25. The summed E-state index contributed by atoms with van der Waals surface area (Å²) < 4.78 is 0.790. The number of hydrogen-bond acceptors (Lipinski definition) is 8. The summed E-state index contributed by atoms with van der Waals surface area (Å²) in [6.07, 6.45) is 7.09. The summed E-state index contributed by atoms with van der Waals surface area (Å²) in [6.45, 7) is 11.0. The van der Waals surface area contributed by atoms with Crippen LogP contribution in [0.5, 0.6) is 0 Å². The summed E-state index contributed by atoms with van der Waals surface area (Å²) in [5, 5.41) is 9.92. The number of carbonyl (C=O) groups excluding carboxylic acids is 1. The number of anilines is 4. The van der Waals surface area contributed by atoms with Gasteiger partial charge in [0, 0.05) is 75.0 Å². The Balaban J connectivity index is 1.16. The minimum Gasteiger partial charge on any atom is -0.371 e. The van der Waals surface area contributed by atoms with Gasteiger partial charge in [-0.1, -0.05) is 6.42 Å². The maximum absolute atomic E-state index is 12.7. The third-order valence-electron chi connectivity index (χ3n) is 8.36. The summed E-state index contributed by atoms with van der Waals surface area (Å²) in [7, 11) is 2.22. The molecular formula is C29H43BrN8O. The maximum Gasteiger partial charge on any atom is 0.229 e. The molecule has 0 unspecified atom stereocenters. The molecule has 212 valence electrons. The smallest absolute Gasteiger partial charge is 0.229 e. The van der Waals surface area contributed by atoms with Gasteiger partial charge in [0.25, 0.3) is 0 Å². The summed E-state index contributed by atoms with van der Waals surface area (Å²) in [6, 6.07) is 9.49. The van der Waals surface area contributed by atoms with E-state index in [1.54, 1.807) is 6.20 Å². The quantitative estimate of drug-likeness (QED) is 0.414. The van der Waals surface area contributed by atoms with E-state index in [1.807, 2.05) is 13.8 Å². The number of benzene rings is 1. The van der Waals surface area contributed by atoms with Gasteiger partial charge in [0.05, 0.1) is 10.4 Å². The van der Waals surface area contributed by atoms with Gasteiger partial charge in [-0.2, -0.15) is 4.98 Å². The molecule has 2 atom stereocenters. The average molecular weight is 600 g/mol. The third-order valence-corrected chi connectivity index (χ3v) is 8.94. The van der Waals surface area contributed by atoms with E-state index in [0.29, 0.717) is 11.8 Å². The number of nitrogens with zero attached hydrogens (tertiary/aromatic N) is 5. The first kappa shape index (κ1) is 28.1. The van der Waals surface area contributed by atoms with Crippen LogP contribution < -0.4 is 20.9 Å². The second-order valence-corrected chi connectivity index (χ2v) is 12.4. The predicted molar refractivity (Wildman–Crippen MR) is 162 cm³/mol. The van der Waals surface area contributed by atoms with E-state index in [9.17, 15) is 4.79 Å². The monoisotopic (exact) mass is 598 g/mol. The van der Waals surface area contributed by atoms with E-state index >= 15 is 0 Å². The largest absolute Gasteiger partial charge is 0.371 e. The zero-order valence-corrected chi connectivity index (χ0v) is 25.1. The van der Waals surface area contributed by atoms with E-state index in [0.717, 1.165) is 48.6 Å². The number of amides is 1. The molecule has 39 heavy (non-hydrogen) atoms. The Morgan fingerprint density at radius 1 is 1.00 bits per heavy atom. The zero-order chi connectivity index (χ0) is 27.4. The van der Waals surface area contributed by atoms with Crippen LogP contribution in [0.3, 0.4) is 0 Å². The Bertz CT molecular complexity index is 1100. The molecule has 3 fully saturated rings. The lowest BCUT2D eigenvalue weighted by atomic mass is 10.0. The normalized spacial score (nSPS) is 23.3. The standard InChI is InChI=1S/C29H43BrN8O/c1-20(2)32-28(39)24-5-4-6-26(24)34-27-25(30)19-31-29(35-27)33-21-7-9-22(10-8-21)37-13-11-23(12-14-37)38-17-15-36(3)16-18-38/h7-10,19-20,23-24,26H,4-6,11-18H2,1-3H3,(H,32,39)(H2,31,33,34,35)/t24-,26+/m0/s1. The molecule has 5 rings (SSSR count). The molecular weight excluding hydrogens is 556 g/mol. The molecule has 2 saturated heterocycles. The van der Waals surface area contributed by atoms with Crippen molar-refractivity contribution in [3.63, 3.8) is 0 Å². The second kappa shape index (κ2) is 12.8. The fourth-order valence-electron chi connectivity index (χ4n) is 6.10. The van der Waals surface area contributed by atoms with Gasteiger partial charge in [0.15, 0.2) is 0 Å². The van der Waals surface area contributed by atoms with Crippen LogP contribution in [0.4, 0.5) is 23.1 Å². The minimum absolute atomic E-state index is 0.0511. The zero-order valence-electron chi connectivity index (χ0n) is 23.5. The van der Waals surface area contributed by atoms with Crippen molar-refractivity contribution < 1.29 is 4.79 Å². The topological polar surface area (TPSA) is 88.7 Å². The second-order valence-electron chi connectivity index (χ2n) is 11.6. The van der Waals surface area contributed by atoms with Gasteiger partial charge in [0.1, 0.15) is 5.82 Å². The van der Waals surface area contributed by atoms with Gasteiger partial charge >= 0.3 is 0 Å². The van der Waals surface area contributed by atoms with E-state index in [-0.39, 0.29) is 23.9 Å². The highest BCUT2D eigenvalue weighted by Crippen LogP contribution is 2.32. The van der Waals surface area contributed by atoms with Crippen LogP contribution in [0, 0.1) is 5.92 Å². The highest BCUT2D eigenvalue weighted by molar-refractivity contribution is 9.10. The molecule has 0 spiro atoms. The highest BCUT2D eigenvalue weighted by Gasteiger charge is 2.34. The van der Waals surface area contributed by atoms with Crippen molar-refractivity contribution in [3.8, 4) is 0 Å². The Morgan fingerprint density at radius 2 is 1.72 bits per heavy atom. The van der Waals surface area contributed by atoms with Gasteiger partial charge in [-0.25, -0.2) is 4.98 Å². The molecule has 1 aromatic heterocycles. The molecule has 1 aliphatic carbocycles. The Labute approximate surface area is 241 Å². The third kappa shape index (κ3) is 7.21. The number of piperidine rings is 1. The lowest BCUT2D eigenvalue weighted by molar-refractivity contribution is -0.125. The van der Waals surface area contributed by atoms with Crippen LogP contribution in [0.15, 0.2) is 34.9 Å². The molecule has 2 aliphatic heterocycles. The highest BCUT2D eigenvalue weighted by atomic mass is 79.9. The lowest BCUT2D eigenvalue weighted by Gasteiger charge is -2.42. The Morgan fingerprint density at radius 3 is 2.41 bits per heavy atom. The van der Waals surface area contributed by atoms with Gasteiger partial charge < -0.3 is 25.8 Å². The molecule has 1 saturated carbocycles. The molecule has 3 N–H and O–H groups in total. The van der Waals surface area contributed by atoms with Crippen LogP contribution >= 0.6 is 15.9 Å². The van der Waals surface area contributed by atoms with Crippen molar-refractivity contribution in [2.24, 2.45) is 5.92 Å². The summed E-state index contributed by atoms with van der Waals surface area (Å²) in [4.78, 5) is 29.5. The molecule has 1 amide bonds. The number of nitrogens with one attached hydrogen (secondary N) is 3. The van der Waals surface area contributed by atoms with Crippen molar-refractivity contribution in [2.75, 3.05) is 61.8 Å². The van der Waals surface area contributed by atoms with Crippen LogP contribution in [0.25, 0.3) is 0 Å². The molecule has 0 bridgehead atoms. The SMILES string of the molecule is CC(C)NC(=O)[C@H]1CCC[C@H]1Nc1nc(Nc2ccc(N3CCC(N4CCN(C)CC4)CC3)cc2)ncc1Br. The Hall–Kier alpha value is -2.43. The van der Waals surface area contributed by atoms with Crippen LogP contribution in [0.2, 0.25) is 0 Å². The number of piperazine rings is 1. The van der Waals surface area contributed by atoms with Gasteiger partial charge in [-0.05, 0) is 86.8 Å².